The molecular weight excluding hydrogens is 554 g/mol. The summed E-state index contributed by atoms with van der Waals surface area (Å²) in [5.74, 6) is 0.880. The Hall–Kier alpha value is -2.66. The van der Waals surface area contributed by atoms with Crippen LogP contribution in [0.15, 0.2) is 39.0 Å². The molecule has 0 unspecified atom stereocenters. The molecule has 1 aromatic carbocycles. The SMILES string of the molecule is Cc1nc(COc2nc(C)n(-c3cc(-c4nc(C(C)(C)O)ncc4C)ccc3Cl)c(=O)c2Br)cs1. The fourth-order valence-electron chi connectivity index (χ4n) is 3.44. The van der Waals surface area contributed by atoms with Gasteiger partial charge in [-0.25, -0.2) is 15.0 Å². The van der Waals surface area contributed by atoms with Crippen LogP contribution in [0, 0.1) is 20.8 Å². The average Bonchev–Trinajstić information content (AvgIpc) is 3.21. The first-order valence-electron chi connectivity index (χ1n) is 10.7. The number of ether oxygens (including phenoxy) is 1. The van der Waals surface area contributed by atoms with Crippen molar-refractivity contribution in [2.45, 2.75) is 46.8 Å². The highest BCUT2D eigenvalue weighted by Crippen LogP contribution is 2.31. The molecule has 0 bridgehead atoms. The Morgan fingerprint density at radius 2 is 1.94 bits per heavy atom. The molecule has 0 aliphatic heterocycles. The molecule has 0 spiro atoms. The first kappa shape index (κ1) is 25.4. The van der Waals surface area contributed by atoms with Crippen LogP contribution < -0.4 is 10.3 Å². The largest absolute Gasteiger partial charge is 0.470 e. The third kappa shape index (κ3) is 5.30. The zero-order chi connectivity index (χ0) is 25.5. The van der Waals surface area contributed by atoms with Crippen molar-refractivity contribution < 1.29 is 9.84 Å². The van der Waals surface area contributed by atoms with Gasteiger partial charge in [0.1, 0.15) is 22.5 Å². The van der Waals surface area contributed by atoms with Crippen LogP contribution in [0.3, 0.4) is 0 Å². The van der Waals surface area contributed by atoms with Gasteiger partial charge >= 0.3 is 0 Å². The molecule has 0 saturated carbocycles. The smallest absolute Gasteiger partial charge is 0.276 e. The van der Waals surface area contributed by atoms with E-state index in [4.69, 9.17) is 16.3 Å². The van der Waals surface area contributed by atoms with Gasteiger partial charge in [0.25, 0.3) is 5.56 Å². The number of aryl methyl sites for hydroxylation is 3. The van der Waals surface area contributed by atoms with E-state index >= 15 is 0 Å². The number of hydrogen-bond donors (Lipinski definition) is 1. The predicted molar refractivity (Wildman–Crippen MR) is 139 cm³/mol. The van der Waals surface area contributed by atoms with E-state index in [0.717, 1.165) is 21.8 Å². The summed E-state index contributed by atoms with van der Waals surface area (Å²) in [6, 6.07) is 5.28. The number of thiazole rings is 1. The molecule has 0 amide bonds. The molecule has 8 nitrogen and oxygen atoms in total. The number of nitrogens with zero attached hydrogens (tertiary/aromatic N) is 5. The summed E-state index contributed by atoms with van der Waals surface area (Å²) in [6.07, 6.45) is 1.66. The highest BCUT2D eigenvalue weighted by Gasteiger charge is 2.22. The van der Waals surface area contributed by atoms with Gasteiger partial charge in [-0.15, -0.1) is 11.3 Å². The average molecular weight is 577 g/mol. The van der Waals surface area contributed by atoms with Crippen molar-refractivity contribution >= 4 is 38.9 Å². The molecule has 0 aliphatic rings. The van der Waals surface area contributed by atoms with E-state index in [1.165, 1.54) is 15.9 Å². The van der Waals surface area contributed by atoms with Crippen molar-refractivity contribution in [3.05, 3.63) is 77.5 Å². The monoisotopic (exact) mass is 575 g/mol. The summed E-state index contributed by atoms with van der Waals surface area (Å²) < 4.78 is 7.37. The molecule has 35 heavy (non-hydrogen) atoms. The van der Waals surface area contributed by atoms with Crippen LogP contribution in [0.25, 0.3) is 16.9 Å². The molecule has 4 rings (SSSR count). The fourth-order valence-corrected chi connectivity index (χ4v) is 4.62. The number of halogens is 2. The normalized spacial score (nSPS) is 11.7. The molecular formula is C24H23BrClN5O3S. The minimum atomic E-state index is -1.20. The summed E-state index contributed by atoms with van der Waals surface area (Å²) in [7, 11) is 0. The molecule has 0 radical (unpaired) electrons. The molecule has 3 heterocycles. The second-order valence-electron chi connectivity index (χ2n) is 8.52. The van der Waals surface area contributed by atoms with Crippen molar-refractivity contribution in [3.63, 3.8) is 0 Å². The van der Waals surface area contributed by atoms with Gasteiger partial charge in [0.2, 0.25) is 5.88 Å². The maximum absolute atomic E-state index is 13.3. The van der Waals surface area contributed by atoms with Crippen molar-refractivity contribution in [1.29, 1.82) is 0 Å². The molecule has 0 saturated heterocycles. The standard InChI is InChI=1S/C24H23BrClN5O3S/c1-12-9-27-23(24(4,5)33)30-20(12)15-6-7-17(26)18(8-15)31-13(2)28-21(19(25)22(31)32)34-10-16-11-35-14(3)29-16/h6-9,11,33H,10H2,1-5H3. The van der Waals surface area contributed by atoms with Crippen molar-refractivity contribution in [1.82, 2.24) is 24.5 Å². The Labute approximate surface area is 219 Å². The zero-order valence-corrected chi connectivity index (χ0v) is 22.9. The first-order chi connectivity index (χ1) is 16.5. The highest BCUT2D eigenvalue weighted by atomic mass is 79.9. The second kappa shape index (κ2) is 9.77. The number of aliphatic hydroxyl groups is 1. The third-order valence-corrected chi connectivity index (χ3v) is 6.99. The van der Waals surface area contributed by atoms with Crippen LogP contribution in [0.4, 0.5) is 0 Å². The summed E-state index contributed by atoms with van der Waals surface area (Å²) in [5, 5.41) is 13.6. The summed E-state index contributed by atoms with van der Waals surface area (Å²) in [5.41, 5.74) is 1.82. The van der Waals surface area contributed by atoms with Crippen molar-refractivity contribution in [2.75, 3.05) is 0 Å². The van der Waals surface area contributed by atoms with Gasteiger partial charge in [0.05, 0.1) is 27.1 Å². The molecule has 0 fully saturated rings. The number of aromatic nitrogens is 5. The lowest BCUT2D eigenvalue weighted by Gasteiger charge is -2.18. The Balaban J connectivity index is 1.76. The van der Waals surface area contributed by atoms with E-state index in [0.29, 0.717) is 28.1 Å². The second-order valence-corrected chi connectivity index (χ2v) is 10.8. The van der Waals surface area contributed by atoms with Gasteiger partial charge in [-0.3, -0.25) is 9.36 Å². The van der Waals surface area contributed by atoms with Crippen LogP contribution in [0.5, 0.6) is 5.88 Å². The molecule has 182 valence electrons. The van der Waals surface area contributed by atoms with Crippen LogP contribution >= 0.6 is 38.9 Å². The van der Waals surface area contributed by atoms with Crippen molar-refractivity contribution in [3.8, 4) is 22.8 Å². The van der Waals surface area contributed by atoms with Gasteiger partial charge in [0.15, 0.2) is 5.82 Å². The minimum Gasteiger partial charge on any atom is -0.470 e. The number of hydrogen-bond acceptors (Lipinski definition) is 8. The van der Waals surface area contributed by atoms with Gasteiger partial charge in [0, 0.05) is 17.1 Å². The van der Waals surface area contributed by atoms with Gasteiger partial charge in [-0.1, -0.05) is 17.7 Å². The fraction of sp³-hybridized carbons (Fsp3) is 0.292. The molecule has 3 aromatic heterocycles. The molecule has 4 aromatic rings. The van der Waals surface area contributed by atoms with Gasteiger partial charge in [-0.05, 0) is 68.2 Å². The lowest BCUT2D eigenvalue weighted by Crippen LogP contribution is -2.24. The van der Waals surface area contributed by atoms with Crippen LogP contribution in [0.2, 0.25) is 5.02 Å². The highest BCUT2D eigenvalue weighted by molar-refractivity contribution is 9.10. The van der Waals surface area contributed by atoms with E-state index in [-0.39, 0.29) is 22.5 Å². The predicted octanol–water partition coefficient (Wildman–Crippen LogP) is 5.29. The van der Waals surface area contributed by atoms with Crippen LogP contribution in [-0.4, -0.2) is 29.6 Å². The molecule has 1 N–H and O–H groups in total. The quantitative estimate of drug-likeness (QED) is 0.332. The van der Waals surface area contributed by atoms with E-state index in [2.05, 4.69) is 35.9 Å². The van der Waals surface area contributed by atoms with Gasteiger partial charge < -0.3 is 9.84 Å². The molecule has 0 atom stereocenters. The van der Waals surface area contributed by atoms with Gasteiger partial charge in [-0.2, -0.15) is 4.98 Å². The molecule has 0 aliphatic carbocycles. The van der Waals surface area contributed by atoms with Crippen LogP contribution in [0.1, 0.15) is 41.8 Å². The van der Waals surface area contributed by atoms with E-state index in [1.54, 1.807) is 39.1 Å². The zero-order valence-electron chi connectivity index (χ0n) is 19.8. The Kier molecular flexibility index (Phi) is 7.10. The summed E-state index contributed by atoms with van der Waals surface area (Å²) in [4.78, 5) is 31.0. The number of benzene rings is 1. The van der Waals surface area contributed by atoms with Crippen molar-refractivity contribution in [2.24, 2.45) is 0 Å². The summed E-state index contributed by atoms with van der Waals surface area (Å²) >= 11 is 11.4. The lowest BCUT2D eigenvalue weighted by molar-refractivity contribution is 0.0688. The van der Waals surface area contributed by atoms with Crippen LogP contribution in [-0.2, 0) is 12.2 Å². The molecule has 11 heteroatoms. The first-order valence-corrected chi connectivity index (χ1v) is 12.7. The topological polar surface area (TPSA) is 103 Å². The van der Waals surface area contributed by atoms with E-state index < -0.39 is 5.60 Å². The summed E-state index contributed by atoms with van der Waals surface area (Å²) in [6.45, 7) is 8.95. The Morgan fingerprint density at radius 3 is 2.60 bits per heavy atom. The van der Waals surface area contributed by atoms with E-state index in [1.807, 2.05) is 25.3 Å². The Bertz CT molecular complexity index is 1480. The maximum atomic E-state index is 13.3. The van der Waals surface area contributed by atoms with E-state index in [9.17, 15) is 9.90 Å². The maximum Gasteiger partial charge on any atom is 0.276 e. The Morgan fingerprint density at radius 1 is 1.20 bits per heavy atom. The number of rotatable bonds is 6. The minimum absolute atomic E-state index is 0.180. The lowest BCUT2D eigenvalue weighted by atomic mass is 10.0. The third-order valence-electron chi connectivity index (χ3n) is 5.17.